The molecule has 5 nitrogen and oxygen atoms in total. The number of fused-ring (bicyclic) bond motifs is 1. The molecule has 152 valence electrons. The van der Waals surface area contributed by atoms with E-state index in [2.05, 4.69) is 24.1 Å². The standard InChI is InChI=1S/C24H29N3O2/c1-16(2)15-27-23(29)19-11-5-4-10-18(19)20(24(27)12-6-7-13-24)22(28)26-21-17(3)9-8-14-25-21/h4-5,8-11,14,16,20H,6-7,12-13,15H2,1-3H3,(H,25,26,28)/t20-/m1/s1. The van der Waals surface area contributed by atoms with Crippen molar-refractivity contribution in [3.8, 4) is 0 Å². The highest BCUT2D eigenvalue weighted by molar-refractivity contribution is 6.05. The predicted molar refractivity (Wildman–Crippen MR) is 114 cm³/mol. The Labute approximate surface area is 172 Å². The Morgan fingerprint density at radius 3 is 2.62 bits per heavy atom. The molecule has 1 atom stereocenters. The van der Waals surface area contributed by atoms with Crippen LogP contribution in [0, 0.1) is 12.8 Å². The molecule has 1 aromatic carbocycles. The van der Waals surface area contributed by atoms with Crippen molar-refractivity contribution in [2.75, 3.05) is 11.9 Å². The number of hydrogen-bond acceptors (Lipinski definition) is 3. The van der Waals surface area contributed by atoms with Crippen molar-refractivity contribution in [1.29, 1.82) is 0 Å². The highest BCUT2D eigenvalue weighted by Crippen LogP contribution is 2.50. The molecule has 2 heterocycles. The maximum atomic E-state index is 13.7. The summed E-state index contributed by atoms with van der Waals surface area (Å²) < 4.78 is 0. The second kappa shape index (κ2) is 7.62. The monoisotopic (exact) mass is 391 g/mol. The van der Waals surface area contributed by atoms with Gasteiger partial charge in [-0.1, -0.05) is 51.0 Å². The number of rotatable bonds is 4. The normalized spacial score (nSPS) is 20.2. The number of carbonyl (C=O) groups excluding carboxylic acids is 2. The van der Waals surface area contributed by atoms with Gasteiger partial charge in [-0.2, -0.15) is 0 Å². The summed E-state index contributed by atoms with van der Waals surface area (Å²) in [6.07, 6.45) is 5.49. The molecule has 4 rings (SSSR count). The van der Waals surface area contributed by atoms with Gasteiger partial charge < -0.3 is 10.2 Å². The lowest BCUT2D eigenvalue weighted by molar-refractivity contribution is -0.121. The summed E-state index contributed by atoms with van der Waals surface area (Å²) in [4.78, 5) is 33.5. The van der Waals surface area contributed by atoms with Gasteiger partial charge in [0.25, 0.3) is 5.91 Å². The zero-order valence-electron chi connectivity index (χ0n) is 17.4. The fraction of sp³-hybridized carbons (Fsp3) is 0.458. The minimum atomic E-state index is -0.456. The molecule has 1 spiro atoms. The summed E-state index contributed by atoms with van der Waals surface area (Å²) in [6, 6.07) is 11.4. The van der Waals surface area contributed by atoms with E-state index in [-0.39, 0.29) is 17.7 Å². The Hall–Kier alpha value is -2.69. The highest BCUT2D eigenvalue weighted by Gasteiger charge is 2.55. The van der Waals surface area contributed by atoms with Crippen molar-refractivity contribution in [2.24, 2.45) is 5.92 Å². The second-order valence-corrected chi connectivity index (χ2v) is 8.80. The summed E-state index contributed by atoms with van der Waals surface area (Å²) in [7, 11) is 0. The molecule has 1 aliphatic carbocycles. The maximum absolute atomic E-state index is 13.7. The smallest absolute Gasteiger partial charge is 0.254 e. The molecular formula is C24H29N3O2. The van der Waals surface area contributed by atoms with Crippen LogP contribution in [0.2, 0.25) is 0 Å². The predicted octanol–water partition coefficient (Wildman–Crippen LogP) is 4.54. The van der Waals surface area contributed by atoms with Gasteiger partial charge in [0.1, 0.15) is 5.82 Å². The molecule has 0 saturated heterocycles. The van der Waals surface area contributed by atoms with Crippen molar-refractivity contribution < 1.29 is 9.59 Å². The van der Waals surface area contributed by atoms with Gasteiger partial charge in [0, 0.05) is 18.3 Å². The number of carbonyl (C=O) groups is 2. The number of hydrogen-bond donors (Lipinski definition) is 1. The first-order valence-electron chi connectivity index (χ1n) is 10.6. The number of benzene rings is 1. The molecule has 1 saturated carbocycles. The largest absolute Gasteiger partial charge is 0.332 e. The first-order valence-corrected chi connectivity index (χ1v) is 10.6. The molecule has 2 aliphatic rings. The SMILES string of the molecule is Cc1cccnc1NC(=O)[C@H]1c2ccccc2C(=O)N(CC(C)C)C12CCCC2. The van der Waals surface area contributed by atoms with Crippen molar-refractivity contribution in [3.05, 3.63) is 59.3 Å². The van der Waals surface area contributed by atoms with Crippen LogP contribution >= 0.6 is 0 Å². The molecule has 5 heteroatoms. The summed E-state index contributed by atoms with van der Waals surface area (Å²) in [5, 5.41) is 3.07. The molecule has 2 amide bonds. The van der Waals surface area contributed by atoms with Gasteiger partial charge in [-0.3, -0.25) is 9.59 Å². The second-order valence-electron chi connectivity index (χ2n) is 8.80. The van der Waals surface area contributed by atoms with Gasteiger partial charge >= 0.3 is 0 Å². The number of aromatic nitrogens is 1. The fourth-order valence-corrected chi connectivity index (χ4v) is 5.10. The van der Waals surface area contributed by atoms with Crippen molar-refractivity contribution in [2.45, 2.75) is 57.9 Å². The minimum Gasteiger partial charge on any atom is -0.332 e. The van der Waals surface area contributed by atoms with Crippen LogP contribution in [-0.4, -0.2) is 33.8 Å². The molecule has 1 N–H and O–H groups in total. The lowest BCUT2D eigenvalue weighted by Crippen LogP contribution is -2.60. The summed E-state index contributed by atoms with van der Waals surface area (Å²) in [5.74, 6) is 0.537. The first kappa shape index (κ1) is 19.6. The lowest BCUT2D eigenvalue weighted by Gasteiger charge is -2.50. The van der Waals surface area contributed by atoms with Crippen molar-refractivity contribution in [1.82, 2.24) is 9.88 Å². The molecule has 1 fully saturated rings. The van der Waals surface area contributed by atoms with E-state index in [4.69, 9.17) is 0 Å². The number of nitrogens with zero attached hydrogens (tertiary/aromatic N) is 2. The van der Waals surface area contributed by atoms with Crippen LogP contribution in [0.1, 0.15) is 66.9 Å². The topological polar surface area (TPSA) is 62.3 Å². The number of aryl methyl sites for hydroxylation is 1. The van der Waals surface area contributed by atoms with E-state index in [1.165, 1.54) is 0 Å². The van der Waals surface area contributed by atoms with Gasteiger partial charge in [-0.25, -0.2) is 4.98 Å². The van der Waals surface area contributed by atoms with Crippen LogP contribution in [0.15, 0.2) is 42.6 Å². The third-order valence-electron chi connectivity index (χ3n) is 6.35. The Morgan fingerprint density at radius 2 is 1.93 bits per heavy atom. The molecule has 1 aliphatic heterocycles. The van der Waals surface area contributed by atoms with E-state index in [0.29, 0.717) is 23.8 Å². The summed E-state index contributed by atoms with van der Waals surface area (Å²) >= 11 is 0. The highest BCUT2D eigenvalue weighted by atomic mass is 16.2. The minimum absolute atomic E-state index is 0.0641. The van der Waals surface area contributed by atoms with Gasteiger partial charge in [0.15, 0.2) is 0 Å². The molecular weight excluding hydrogens is 362 g/mol. The summed E-state index contributed by atoms with van der Waals surface area (Å²) in [6.45, 7) is 6.86. The van der Waals surface area contributed by atoms with Crippen LogP contribution in [0.25, 0.3) is 0 Å². The van der Waals surface area contributed by atoms with E-state index in [0.717, 1.165) is 36.8 Å². The lowest BCUT2D eigenvalue weighted by atomic mass is 9.70. The molecule has 29 heavy (non-hydrogen) atoms. The number of anilines is 1. The van der Waals surface area contributed by atoms with E-state index in [1.54, 1.807) is 6.20 Å². The zero-order valence-corrected chi connectivity index (χ0v) is 17.4. The van der Waals surface area contributed by atoms with E-state index in [9.17, 15) is 9.59 Å². The Balaban J connectivity index is 1.82. The molecule has 0 unspecified atom stereocenters. The zero-order chi connectivity index (χ0) is 20.6. The van der Waals surface area contributed by atoms with Crippen molar-refractivity contribution in [3.63, 3.8) is 0 Å². The van der Waals surface area contributed by atoms with Gasteiger partial charge in [0.2, 0.25) is 5.91 Å². The van der Waals surface area contributed by atoms with Gasteiger partial charge in [-0.05, 0) is 48.9 Å². The van der Waals surface area contributed by atoms with E-state index < -0.39 is 5.54 Å². The Kier molecular flexibility index (Phi) is 5.15. The number of pyridine rings is 1. The van der Waals surface area contributed by atoms with Crippen LogP contribution in [-0.2, 0) is 4.79 Å². The van der Waals surface area contributed by atoms with E-state index in [1.807, 2.05) is 48.2 Å². The Bertz CT molecular complexity index is 931. The maximum Gasteiger partial charge on any atom is 0.254 e. The molecule has 0 radical (unpaired) electrons. The molecule has 0 bridgehead atoms. The van der Waals surface area contributed by atoms with Crippen LogP contribution in [0.3, 0.4) is 0 Å². The molecule has 1 aromatic heterocycles. The third kappa shape index (κ3) is 3.33. The van der Waals surface area contributed by atoms with Crippen LogP contribution < -0.4 is 5.32 Å². The number of nitrogens with one attached hydrogen (secondary N) is 1. The first-order chi connectivity index (χ1) is 13.9. The average Bonchev–Trinajstić information content (AvgIpc) is 3.17. The summed E-state index contributed by atoms with van der Waals surface area (Å²) in [5.41, 5.74) is 1.98. The fourth-order valence-electron chi connectivity index (χ4n) is 5.10. The van der Waals surface area contributed by atoms with E-state index >= 15 is 0 Å². The van der Waals surface area contributed by atoms with Crippen LogP contribution in [0.4, 0.5) is 5.82 Å². The van der Waals surface area contributed by atoms with Gasteiger partial charge in [0.05, 0.1) is 11.5 Å². The molecule has 2 aromatic rings. The quantitative estimate of drug-likeness (QED) is 0.832. The van der Waals surface area contributed by atoms with Gasteiger partial charge in [-0.15, -0.1) is 0 Å². The van der Waals surface area contributed by atoms with Crippen molar-refractivity contribution >= 4 is 17.6 Å². The van der Waals surface area contributed by atoms with Crippen LogP contribution in [0.5, 0.6) is 0 Å². The average molecular weight is 392 g/mol. The Morgan fingerprint density at radius 1 is 1.21 bits per heavy atom. The number of amides is 2. The third-order valence-corrected chi connectivity index (χ3v) is 6.35.